The van der Waals surface area contributed by atoms with Gasteiger partial charge in [-0.05, 0) is 19.1 Å². The number of anilines is 1. The van der Waals surface area contributed by atoms with Gasteiger partial charge in [-0.3, -0.25) is 0 Å². The number of aromatic nitrogens is 2. The van der Waals surface area contributed by atoms with Crippen molar-refractivity contribution >= 4 is 11.8 Å². The Balaban J connectivity index is 2.39. The van der Waals surface area contributed by atoms with Crippen molar-refractivity contribution in [1.29, 1.82) is 0 Å². The molecule has 1 atom stereocenters. The average Bonchev–Trinajstić information content (AvgIpc) is 2.46. The van der Waals surface area contributed by atoms with E-state index in [9.17, 15) is 9.18 Å². The van der Waals surface area contributed by atoms with Gasteiger partial charge in [0.1, 0.15) is 11.4 Å². The number of carbonyl (C=O) groups is 1. The predicted molar refractivity (Wildman–Crippen MR) is 72.2 cm³/mol. The largest absolute Gasteiger partial charge is 0.478 e. The quantitative estimate of drug-likeness (QED) is 0.928. The number of aromatic carboxylic acids is 1. The molecule has 0 spiro atoms. The van der Waals surface area contributed by atoms with Crippen molar-refractivity contribution in [1.82, 2.24) is 10.2 Å². The molecule has 6 heteroatoms. The first-order valence-electron chi connectivity index (χ1n) is 6.04. The molecule has 2 rings (SSSR count). The summed E-state index contributed by atoms with van der Waals surface area (Å²) in [6, 6.07) is 7.37. The summed E-state index contributed by atoms with van der Waals surface area (Å²) in [7, 11) is 1.66. The minimum Gasteiger partial charge on any atom is -0.478 e. The number of nitrogens with zero attached hydrogens (tertiary/aromatic N) is 3. The first kappa shape index (κ1) is 13.9. The van der Waals surface area contributed by atoms with Crippen molar-refractivity contribution in [3.8, 4) is 0 Å². The van der Waals surface area contributed by atoms with Crippen LogP contribution in [0.25, 0.3) is 0 Å². The van der Waals surface area contributed by atoms with E-state index < -0.39 is 5.97 Å². The van der Waals surface area contributed by atoms with Crippen LogP contribution in [0.4, 0.5) is 10.2 Å². The van der Waals surface area contributed by atoms with E-state index >= 15 is 0 Å². The molecule has 0 aliphatic carbocycles. The molecule has 1 heterocycles. The highest BCUT2D eigenvalue weighted by atomic mass is 19.1. The zero-order chi connectivity index (χ0) is 14.7. The van der Waals surface area contributed by atoms with Crippen LogP contribution in [0.5, 0.6) is 0 Å². The number of hydrogen-bond acceptors (Lipinski definition) is 4. The minimum absolute atomic E-state index is 0.0330. The zero-order valence-corrected chi connectivity index (χ0v) is 11.1. The van der Waals surface area contributed by atoms with Crippen molar-refractivity contribution in [3.63, 3.8) is 0 Å². The van der Waals surface area contributed by atoms with Crippen molar-refractivity contribution in [2.24, 2.45) is 0 Å². The van der Waals surface area contributed by atoms with E-state index in [0.717, 1.165) is 0 Å². The molecule has 1 aromatic heterocycles. The highest BCUT2D eigenvalue weighted by Crippen LogP contribution is 2.27. The SMILES string of the molecule is CC(c1ccccc1F)N(C)c1nnccc1C(=O)O. The Labute approximate surface area is 115 Å². The Morgan fingerprint density at radius 1 is 1.35 bits per heavy atom. The summed E-state index contributed by atoms with van der Waals surface area (Å²) in [6.45, 7) is 1.78. The Kier molecular flexibility index (Phi) is 3.93. The number of benzene rings is 1. The molecule has 5 nitrogen and oxygen atoms in total. The van der Waals surface area contributed by atoms with Crippen LogP contribution in [-0.4, -0.2) is 28.3 Å². The maximum atomic E-state index is 13.8. The van der Waals surface area contributed by atoms with Crippen LogP contribution in [0.3, 0.4) is 0 Å². The van der Waals surface area contributed by atoms with Gasteiger partial charge in [0.15, 0.2) is 5.82 Å². The van der Waals surface area contributed by atoms with Crippen LogP contribution in [0.15, 0.2) is 36.5 Å². The van der Waals surface area contributed by atoms with Crippen LogP contribution >= 0.6 is 0 Å². The van der Waals surface area contributed by atoms with Crippen molar-refractivity contribution < 1.29 is 14.3 Å². The smallest absolute Gasteiger partial charge is 0.339 e. The number of carboxylic acids is 1. The van der Waals surface area contributed by atoms with Gasteiger partial charge in [-0.25, -0.2) is 9.18 Å². The van der Waals surface area contributed by atoms with E-state index in [1.165, 1.54) is 18.3 Å². The molecule has 0 radical (unpaired) electrons. The van der Waals surface area contributed by atoms with Crippen LogP contribution < -0.4 is 4.90 Å². The van der Waals surface area contributed by atoms with Gasteiger partial charge >= 0.3 is 5.97 Å². The van der Waals surface area contributed by atoms with E-state index in [-0.39, 0.29) is 23.2 Å². The van der Waals surface area contributed by atoms with Gasteiger partial charge < -0.3 is 10.0 Å². The fourth-order valence-electron chi connectivity index (χ4n) is 1.96. The number of rotatable bonds is 4. The zero-order valence-electron chi connectivity index (χ0n) is 11.1. The van der Waals surface area contributed by atoms with E-state index in [0.29, 0.717) is 5.56 Å². The van der Waals surface area contributed by atoms with Gasteiger partial charge in [0.2, 0.25) is 0 Å². The summed E-state index contributed by atoms with van der Waals surface area (Å²) in [5, 5.41) is 16.7. The fourth-order valence-corrected chi connectivity index (χ4v) is 1.96. The summed E-state index contributed by atoms with van der Waals surface area (Å²) >= 11 is 0. The fraction of sp³-hybridized carbons (Fsp3) is 0.214. The normalized spacial score (nSPS) is 11.9. The second-order valence-electron chi connectivity index (χ2n) is 4.38. The van der Waals surface area contributed by atoms with Gasteiger partial charge in [-0.1, -0.05) is 18.2 Å². The number of halogens is 1. The van der Waals surface area contributed by atoms with E-state index in [1.807, 2.05) is 0 Å². The highest BCUT2D eigenvalue weighted by molar-refractivity contribution is 5.93. The standard InChI is InChI=1S/C14H14FN3O2/c1-9(10-5-3-4-6-12(10)15)18(2)13-11(14(19)20)7-8-16-17-13/h3-9H,1-2H3,(H,19,20). The first-order chi connectivity index (χ1) is 9.52. The topological polar surface area (TPSA) is 66.3 Å². The molecule has 1 unspecified atom stereocenters. The third-order valence-corrected chi connectivity index (χ3v) is 3.20. The maximum Gasteiger partial charge on any atom is 0.339 e. The summed E-state index contributed by atoms with van der Waals surface area (Å²) < 4.78 is 13.8. The van der Waals surface area contributed by atoms with Gasteiger partial charge in [0.05, 0.1) is 12.2 Å². The predicted octanol–water partition coefficient (Wildman–Crippen LogP) is 2.51. The highest BCUT2D eigenvalue weighted by Gasteiger charge is 2.21. The van der Waals surface area contributed by atoms with Crippen molar-refractivity contribution in [2.45, 2.75) is 13.0 Å². The number of carboxylic acid groups (broad SMARTS) is 1. The second kappa shape index (κ2) is 5.64. The third-order valence-electron chi connectivity index (χ3n) is 3.20. The van der Waals surface area contributed by atoms with E-state index in [4.69, 9.17) is 5.11 Å². The van der Waals surface area contributed by atoms with Crippen LogP contribution in [0.2, 0.25) is 0 Å². The Hall–Kier alpha value is -2.50. The lowest BCUT2D eigenvalue weighted by Crippen LogP contribution is -2.26. The molecule has 20 heavy (non-hydrogen) atoms. The Morgan fingerprint density at radius 3 is 2.70 bits per heavy atom. The first-order valence-corrected chi connectivity index (χ1v) is 6.04. The Morgan fingerprint density at radius 2 is 2.05 bits per heavy atom. The molecule has 0 amide bonds. The minimum atomic E-state index is -1.09. The van der Waals surface area contributed by atoms with Crippen molar-refractivity contribution in [2.75, 3.05) is 11.9 Å². The molecule has 0 aliphatic rings. The molecule has 2 aromatic rings. The molecular weight excluding hydrogens is 261 g/mol. The van der Waals surface area contributed by atoms with Gasteiger partial charge in [-0.15, -0.1) is 5.10 Å². The van der Waals surface area contributed by atoms with Crippen LogP contribution in [-0.2, 0) is 0 Å². The third kappa shape index (κ3) is 2.59. The number of hydrogen-bond donors (Lipinski definition) is 1. The summed E-state index contributed by atoms with van der Waals surface area (Å²) in [5.41, 5.74) is 0.502. The van der Waals surface area contributed by atoms with Gasteiger partial charge in [0.25, 0.3) is 0 Å². The molecule has 1 N–H and O–H groups in total. The molecule has 0 saturated carbocycles. The maximum absolute atomic E-state index is 13.8. The van der Waals surface area contributed by atoms with Gasteiger partial charge in [0, 0.05) is 12.6 Å². The van der Waals surface area contributed by atoms with Crippen LogP contribution in [0.1, 0.15) is 28.9 Å². The molecule has 0 fully saturated rings. The molecular formula is C14H14FN3O2. The monoisotopic (exact) mass is 275 g/mol. The summed E-state index contributed by atoms with van der Waals surface area (Å²) in [4.78, 5) is 12.8. The Bertz CT molecular complexity index is 633. The lowest BCUT2D eigenvalue weighted by molar-refractivity contribution is 0.0697. The lowest BCUT2D eigenvalue weighted by Gasteiger charge is -2.27. The lowest BCUT2D eigenvalue weighted by atomic mass is 10.1. The molecule has 104 valence electrons. The molecule has 0 aliphatic heterocycles. The second-order valence-corrected chi connectivity index (χ2v) is 4.38. The molecule has 1 aromatic carbocycles. The van der Waals surface area contributed by atoms with E-state index in [2.05, 4.69) is 10.2 Å². The summed E-state index contributed by atoms with van der Waals surface area (Å²) in [6.07, 6.45) is 1.31. The van der Waals surface area contributed by atoms with Crippen LogP contribution in [0, 0.1) is 5.82 Å². The summed E-state index contributed by atoms with van der Waals surface area (Å²) in [5.74, 6) is -1.23. The van der Waals surface area contributed by atoms with Crippen molar-refractivity contribution in [3.05, 3.63) is 53.5 Å². The van der Waals surface area contributed by atoms with Gasteiger partial charge in [-0.2, -0.15) is 5.10 Å². The molecule has 0 saturated heterocycles. The molecule has 0 bridgehead atoms. The average molecular weight is 275 g/mol. The van der Waals surface area contributed by atoms with E-state index in [1.54, 1.807) is 37.1 Å².